The molecule has 6 heteroatoms. The van der Waals surface area contributed by atoms with E-state index in [1.165, 1.54) is 0 Å². The van der Waals surface area contributed by atoms with Gasteiger partial charge in [0.1, 0.15) is 0 Å². The number of nitrogens with two attached hydrogens (primary N) is 1. The predicted molar refractivity (Wildman–Crippen MR) is 72.6 cm³/mol. The Balaban J connectivity index is 2.24. The Kier molecular flexibility index (Phi) is 3.80. The molecule has 5 nitrogen and oxygen atoms in total. The molecule has 0 fully saturated rings. The first-order valence-corrected chi connectivity index (χ1v) is 7.39. The van der Waals surface area contributed by atoms with Gasteiger partial charge in [-0.1, -0.05) is 0 Å². The van der Waals surface area contributed by atoms with Crippen LogP contribution in [0.2, 0.25) is 0 Å². The van der Waals surface area contributed by atoms with Gasteiger partial charge in [0, 0.05) is 0 Å². The Morgan fingerprint density at radius 1 is 1.50 bits per heavy atom. The summed E-state index contributed by atoms with van der Waals surface area (Å²) in [5, 5.41) is 2.86. The van der Waals surface area contributed by atoms with Crippen molar-refractivity contribution >= 4 is 37.6 Å². The summed E-state index contributed by atoms with van der Waals surface area (Å²) in [6, 6.07) is 5.60. The number of fused-ring (bicyclic) bond motifs is 1. The van der Waals surface area contributed by atoms with E-state index in [0.717, 1.165) is 17.5 Å². The van der Waals surface area contributed by atoms with E-state index in [-0.39, 0.29) is 20.9 Å². The first-order chi connectivity index (χ1) is 8.54. The van der Waals surface area contributed by atoms with Gasteiger partial charge in [-0.15, -0.1) is 0 Å². The zero-order valence-corrected chi connectivity index (χ0v) is 12.1. The predicted octanol–water partition coefficient (Wildman–Crippen LogP) is 1.14. The van der Waals surface area contributed by atoms with Crippen LogP contribution in [0.4, 0.5) is 5.69 Å². The van der Waals surface area contributed by atoms with Crippen LogP contribution in [-0.4, -0.2) is 34.4 Å². The third kappa shape index (κ3) is 2.61. The molecule has 1 unspecified atom stereocenters. The molecule has 0 bridgehead atoms. The average Bonchev–Trinajstić information content (AvgIpc) is 2.78. The van der Waals surface area contributed by atoms with Gasteiger partial charge in [-0.25, -0.2) is 0 Å². The van der Waals surface area contributed by atoms with Gasteiger partial charge >= 0.3 is 112 Å². The van der Waals surface area contributed by atoms with Crippen molar-refractivity contribution in [1.82, 2.24) is 7.96 Å². The molecule has 2 aromatic rings. The van der Waals surface area contributed by atoms with Crippen LogP contribution in [0.15, 0.2) is 18.2 Å². The number of amides is 1. The van der Waals surface area contributed by atoms with Crippen LogP contribution in [0, 0.1) is 0 Å². The Bertz CT molecular complexity index is 564. The topological polar surface area (TPSA) is 80.9 Å². The Morgan fingerprint density at radius 3 is 3.00 bits per heavy atom. The molecule has 0 aliphatic carbocycles. The molecule has 1 aromatic carbocycles. The summed E-state index contributed by atoms with van der Waals surface area (Å²) >= 11 is -0.0986. The van der Waals surface area contributed by atoms with E-state index >= 15 is 0 Å². The quantitative estimate of drug-likeness (QED) is 0.830. The summed E-state index contributed by atoms with van der Waals surface area (Å²) in [6.45, 7) is 3.76. The van der Waals surface area contributed by atoms with Gasteiger partial charge in [-0.2, -0.15) is 0 Å². The van der Waals surface area contributed by atoms with Crippen molar-refractivity contribution in [2.24, 2.45) is 5.73 Å². The van der Waals surface area contributed by atoms with Crippen molar-refractivity contribution in [3.05, 3.63) is 18.2 Å². The number of nitrogens with one attached hydrogen (secondary N) is 1. The van der Waals surface area contributed by atoms with Crippen molar-refractivity contribution in [3.8, 4) is 0 Å². The van der Waals surface area contributed by atoms with E-state index in [0.29, 0.717) is 12.1 Å². The van der Waals surface area contributed by atoms with E-state index < -0.39 is 5.54 Å². The zero-order chi connectivity index (χ0) is 13.2. The van der Waals surface area contributed by atoms with Crippen LogP contribution < -0.4 is 11.1 Å². The SMILES string of the molecule is CCCC(C)(N)C(=O)Nc1cccc2n[se]nc12. The molecule has 18 heavy (non-hydrogen) atoms. The fourth-order valence-corrected chi connectivity index (χ4v) is 2.96. The average molecular weight is 311 g/mol. The number of benzene rings is 1. The van der Waals surface area contributed by atoms with Crippen LogP contribution in [0.1, 0.15) is 26.7 Å². The molecule has 2 rings (SSSR count). The molecule has 1 amide bonds. The minimum atomic E-state index is -0.849. The van der Waals surface area contributed by atoms with Gasteiger partial charge in [0.05, 0.1) is 0 Å². The van der Waals surface area contributed by atoms with Gasteiger partial charge in [0.25, 0.3) is 0 Å². The summed E-state index contributed by atoms with van der Waals surface area (Å²) in [7, 11) is 0. The molecule has 0 spiro atoms. The molecule has 3 N–H and O–H groups in total. The number of anilines is 1. The first kappa shape index (κ1) is 13.2. The van der Waals surface area contributed by atoms with Crippen molar-refractivity contribution in [2.45, 2.75) is 32.2 Å². The van der Waals surface area contributed by atoms with Crippen LogP contribution >= 0.6 is 0 Å². The Labute approximate surface area is 112 Å². The van der Waals surface area contributed by atoms with Crippen LogP contribution in [0.5, 0.6) is 0 Å². The maximum absolute atomic E-state index is 12.1. The number of carbonyl (C=O) groups excluding carboxylic acids is 1. The molecule has 0 aliphatic rings. The summed E-state index contributed by atoms with van der Waals surface area (Å²) in [4.78, 5) is 12.1. The van der Waals surface area contributed by atoms with Crippen molar-refractivity contribution in [3.63, 3.8) is 0 Å². The minimum absolute atomic E-state index is 0.0986. The molecule has 96 valence electrons. The van der Waals surface area contributed by atoms with E-state index in [1.807, 2.05) is 25.1 Å². The zero-order valence-electron chi connectivity index (χ0n) is 10.4. The van der Waals surface area contributed by atoms with Crippen LogP contribution in [0.3, 0.4) is 0 Å². The van der Waals surface area contributed by atoms with Crippen LogP contribution in [0.25, 0.3) is 11.0 Å². The standard InChI is InChI=1S/C12H16N4OSe/c1-3-7-12(2,13)11(17)14-8-5-4-6-9-10(8)16-18-15-9/h4-6H,3,7,13H2,1-2H3,(H,14,17). The number of hydrogen-bond acceptors (Lipinski definition) is 4. The summed E-state index contributed by atoms with van der Waals surface area (Å²) < 4.78 is 8.60. The Hall–Kier alpha value is -1.23. The van der Waals surface area contributed by atoms with Crippen molar-refractivity contribution in [1.29, 1.82) is 0 Å². The van der Waals surface area contributed by atoms with Gasteiger partial charge < -0.3 is 0 Å². The third-order valence-electron chi connectivity index (χ3n) is 2.82. The second kappa shape index (κ2) is 5.18. The van der Waals surface area contributed by atoms with Gasteiger partial charge in [-0.3, -0.25) is 0 Å². The molecule has 0 radical (unpaired) electrons. The van der Waals surface area contributed by atoms with Crippen LogP contribution in [-0.2, 0) is 4.79 Å². The fraction of sp³-hybridized carbons (Fsp3) is 0.417. The summed E-state index contributed by atoms with van der Waals surface area (Å²) in [5.74, 6) is -0.174. The number of nitrogens with zero attached hydrogens (tertiary/aromatic N) is 2. The van der Waals surface area contributed by atoms with E-state index in [9.17, 15) is 4.79 Å². The molecule has 0 saturated carbocycles. The number of aromatic nitrogens is 2. The first-order valence-electron chi connectivity index (χ1n) is 5.86. The number of carbonyl (C=O) groups is 1. The molecular weight excluding hydrogens is 295 g/mol. The fourth-order valence-electron chi connectivity index (χ4n) is 1.80. The van der Waals surface area contributed by atoms with Crippen molar-refractivity contribution < 1.29 is 4.79 Å². The second-order valence-electron chi connectivity index (χ2n) is 4.56. The molecule has 1 heterocycles. The normalized spacial score (nSPS) is 14.4. The molecule has 0 saturated heterocycles. The number of rotatable bonds is 4. The Morgan fingerprint density at radius 2 is 2.28 bits per heavy atom. The molecular formula is C12H16N4OSe. The van der Waals surface area contributed by atoms with E-state index in [1.54, 1.807) is 6.92 Å². The molecule has 1 aromatic heterocycles. The summed E-state index contributed by atoms with van der Waals surface area (Å²) in [5.41, 5.74) is 7.48. The molecule has 1 atom stereocenters. The van der Waals surface area contributed by atoms with E-state index in [2.05, 4.69) is 13.3 Å². The van der Waals surface area contributed by atoms with Gasteiger partial charge in [-0.05, 0) is 0 Å². The monoisotopic (exact) mass is 312 g/mol. The van der Waals surface area contributed by atoms with Gasteiger partial charge in [0.15, 0.2) is 0 Å². The van der Waals surface area contributed by atoms with Gasteiger partial charge in [0.2, 0.25) is 0 Å². The third-order valence-corrected chi connectivity index (χ3v) is 3.96. The number of hydrogen-bond donors (Lipinski definition) is 2. The van der Waals surface area contributed by atoms with Crippen molar-refractivity contribution in [2.75, 3.05) is 5.32 Å². The van der Waals surface area contributed by atoms with E-state index in [4.69, 9.17) is 5.73 Å². The maximum atomic E-state index is 12.1. The molecule has 0 aliphatic heterocycles. The summed E-state index contributed by atoms with van der Waals surface area (Å²) in [6.07, 6.45) is 1.52. The second-order valence-corrected chi connectivity index (χ2v) is 5.67.